The Kier molecular flexibility index (Phi) is 10.9. The molecule has 1 saturated heterocycles. The fraction of sp³-hybridized carbons (Fsp3) is 0.459. The van der Waals surface area contributed by atoms with E-state index in [-0.39, 0.29) is 18.5 Å². The fourth-order valence-electron chi connectivity index (χ4n) is 5.80. The molecule has 1 aliphatic heterocycles. The van der Waals surface area contributed by atoms with Gasteiger partial charge in [0, 0.05) is 38.5 Å². The van der Waals surface area contributed by atoms with E-state index in [2.05, 4.69) is 41.3 Å². The van der Waals surface area contributed by atoms with Gasteiger partial charge in [-0.05, 0) is 80.1 Å². The molecule has 0 radical (unpaired) electrons. The highest BCUT2D eigenvalue weighted by Crippen LogP contribution is 2.33. The van der Waals surface area contributed by atoms with Crippen LogP contribution in [0, 0.1) is 0 Å². The van der Waals surface area contributed by atoms with Crippen LogP contribution in [-0.2, 0) is 32.2 Å². The Labute approximate surface area is 273 Å². The predicted octanol–water partition coefficient (Wildman–Crippen LogP) is 6.14. The first-order valence-electron chi connectivity index (χ1n) is 16.1. The van der Waals surface area contributed by atoms with Crippen LogP contribution in [0.5, 0.6) is 5.75 Å². The number of rotatable bonds is 12. The Hall–Kier alpha value is -4.08. The lowest BCUT2D eigenvalue weighted by Crippen LogP contribution is -2.61. The van der Waals surface area contributed by atoms with Crippen LogP contribution in [0.25, 0.3) is 11.1 Å². The lowest BCUT2D eigenvalue weighted by atomic mass is 10.0. The number of carbonyl (C=O) groups excluding carboxylic acids is 2. The molecule has 1 unspecified atom stereocenters. The molecule has 0 aromatic heterocycles. The molecule has 3 aromatic rings. The van der Waals surface area contributed by atoms with Crippen LogP contribution in [0.1, 0.15) is 44.7 Å². The van der Waals surface area contributed by atoms with E-state index in [1.54, 1.807) is 19.1 Å². The van der Waals surface area contributed by atoms with Gasteiger partial charge in [-0.25, -0.2) is 4.79 Å². The summed E-state index contributed by atoms with van der Waals surface area (Å²) in [7, 11) is 3.30. The monoisotopic (exact) mass is 629 g/mol. The van der Waals surface area contributed by atoms with Crippen LogP contribution < -0.4 is 9.64 Å². The quantitative estimate of drug-likeness (QED) is 0.223. The summed E-state index contributed by atoms with van der Waals surface area (Å²) in [5, 5.41) is 0. The number of amides is 2. The van der Waals surface area contributed by atoms with Gasteiger partial charge in [0.15, 0.2) is 0 Å². The zero-order chi connectivity index (χ0) is 32.7. The molecule has 46 heavy (non-hydrogen) atoms. The van der Waals surface area contributed by atoms with Crippen molar-refractivity contribution in [1.29, 1.82) is 0 Å². The van der Waals surface area contributed by atoms with Gasteiger partial charge in [0.05, 0.1) is 33.5 Å². The highest BCUT2D eigenvalue weighted by Gasteiger charge is 2.42. The lowest BCUT2D eigenvalue weighted by Gasteiger charge is -2.43. The average Bonchev–Trinajstić information content (AvgIpc) is 3.90. The maximum Gasteiger partial charge on any atom is 0.410 e. The van der Waals surface area contributed by atoms with E-state index >= 15 is 0 Å². The predicted molar refractivity (Wildman–Crippen MR) is 179 cm³/mol. The summed E-state index contributed by atoms with van der Waals surface area (Å²) in [6, 6.07) is 24.1. The van der Waals surface area contributed by atoms with Crippen LogP contribution in [0.4, 0.5) is 10.5 Å². The number of hydrogen-bond donors (Lipinski definition) is 0. The molecule has 9 nitrogen and oxygen atoms in total. The molecular formula is C37H47N3O6. The third-order valence-corrected chi connectivity index (χ3v) is 8.19. The van der Waals surface area contributed by atoms with Crippen molar-refractivity contribution in [2.24, 2.45) is 0 Å². The zero-order valence-corrected chi connectivity index (χ0v) is 27.7. The molecule has 2 amide bonds. The molecule has 3 aromatic carbocycles. The molecule has 246 valence electrons. The third-order valence-electron chi connectivity index (χ3n) is 8.19. The summed E-state index contributed by atoms with van der Waals surface area (Å²) in [6.45, 7) is 8.66. The topological polar surface area (TPSA) is 80.8 Å². The van der Waals surface area contributed by atoms with Crippen molar-refractivity contribution in [2.75, 3.05) is 52.0 Å². The number of ether oxygens (including phenoxy) is 4. The van der Waals surface area contributed by atoms with Gasteiger partial charge in [-0.3, -0.25) is 4.79 Å². The number of piperazine rings is 1. The molecule has 1 saturated carbocycles. The molecule has 1 heterocycles. The minimum absolute atomic E-state index is 0.00147. The van der Waals surface area contributed by atoms with Crippen molar-refractivity contribution in [3.63, 3.8) is 0 Å². The van der Waals surface area contributed by atoms with E-state index in [1.165, 1.54) is 0 Å². The first kappa shape index (κ1) is 33.3. The van der Waals surface area contributed by atoms with Crippen LogP contribution in [-0.4, -0.2) is 86.6 Å². The zero-order valence-electron chi connectivity index (χ0n) is 27.7. The lowest BCUT2D eigenvalue weighted by molar-refractivity contribution is -0.134. The first-order chi connectivity index (χ1) is 22.1. The number of carbonyl (C=O) groups is 2. The Morgan fingerprint density at radius 2 is 1.61 bits per heavy atom. The minimum Gasteiger partial charge on any atom is -0.497 e. The van der Waals surface area contributed by atoms with Crippen molar-refractivity contribution in [3.8, 4) is 16.9 Å². The summed E-state index contributed by atoms with van der Waals surface area (Å²) in [4.78, 5) is 33.8. The average molecular weight is 630 g/mol. The van der Waals surface area contributed by atoms with Crippen LogP contribution >= 0.6 is 0 Å². The van der Waals surface area contributed by atoms with Crippen LogP contribution in [0.15, 0.2) is 72.8 Å². The van der Waals surface area contributed by atoms with Gasteiger partial charge in [0.25, 0.3) is 0 Å². The Morgan fingerprint density at radius 1 is 0.870 bits per heavy atom. The summed E-state index contributed by atoms with van der Waals surface area (Å²) >= 11 is 0. The fourth-order valence-corrected chi connectivity index (χ4v) is 5.80. The van der Waals surface area contributed by atoms with Crippen LogP contribution in [0.3, 0.4) is 0 Å². The van der Waals surface area contributed by atoms with Crippen molar-refractivity contribution in [2.45, 2.75) is 64.4 Å². The number of anilines is 1. The van der Waals surface area contributed by atoms with E-state index in [1.807, 2.05) is 62.1 Å². The van der Waals surface area contributed by atoms with E-state index in [0.717, 1.165) is 46.5 Å². The number of hydrogen-bond acceptors (Lipinski definition) is 7. The largest absolute Gasteiger partial charge is 0.497 e. The van der Waals surface area contributed by atoms with Crippen LogP contribution in [0.2, 0.25) is 0 Å². The number of methoxy groups -OCH3 is 2. The molecule has 1 aliphatic carbocycles. The SMILES string of the molecule is COCCOCc1cc(CN(C(=O)C2CN(C(=O)OC(C)(C)C)CCN2c2cccc(-c3ccccc3)c2)C2CC2)cc(OC)c1. The van der Waals surface area contributed by atoms with Gasteiger partial charge in [0.2, 0.25) is 5.91 Å². The summed E-state index contributed by atoms with van der Waals surface area (Å²) in [5.41, 5.74) is 4.46. The van der Waals surface area contributed by atoms with Gasteiger partial charge in [0.1, 0.15) is 17.4 Å². The maximum absolute atomic E-state index is 14.7. The van der Waals surface area contributed by atoms with E-state index in [0.29, 0.717) is 39.5 Å². The summed E-state index contributed by atoms with van der Waals surface area (Å²) in [5.74, 6) is 0.723. The number of nitrogens with zero attached hydrogens (tertiary/aromatic N) is 3. The van der Waals surface area contributed by atoms with E-state index in [4.69, 9.17) is 18.9 Å². The van der Waals surface area contributed by atoms with Gasteiger partial charge >= 0.3 is 6.09 Å². The molecular weight excluding hydrogens is 582 g/mol. The number of benzene rings is 3. The highest BCUT2D eigenvalue weighted by atomic mass is 16.6. The van der Waals surface area contributed by atoms with Gasteiger partial charge in [-0.2, -0.15) is 0 Å². The first-order valence-corrected chi connectivity index (χ1v) is 16.1. The van der Waals surface area contributed by atoms with E-state index < -0.39 is 17.7 Å². The van der Waals surface area contributed by atoms with Gasteiger partial charge < -0.3 is 33.6 Å². The summed E-state index contributed by atoms with van der Waals surface area (Å²) in [6.07, 6.45) is 1.51. The standard InChI is InChI=1S/C37H47N3O6/c1-37(2,3)46-36(42)38-16-17-39(32-13-9-12-30(23-32)29-10-7-6-8-11-29)34(25-38)35(41)40(31-14-15-31)24-27-20-28(22-33(21-27)44-5)26-45-19-18-43-4/h6-13,20-23,31,34H,14-19,24-26H2,1-5H3. The molecule has 5 rings (SSSR count). The smallest absolute Gasteiger partial charge is 0.410 e. The summed E-state index contributed by atoms with van der Waals surface area (Å²) < 4.78 is 22.2. The highest BCUT2D eigenvalue weighted by molar-refractivity contribution is 5.88. The van der Waals surface area contributed by atoms with Crippen molar-refractivity contribution in [3.05, 3.63) is 83.9 Å². The molecule has 1 atom stereocenters. The van der Waals surface area contributed by atoms with Crippen molar-refractivity contribution >= 4 is 17.7 Å². The second-order valence-corrected chi connectivity index (χ2v) is 13.0. The minimum atomic E-state index is -0.630. The van der Waals surface area contributed by atoms with Gasteiger partial charge in [-0.1, -0.05) is 48.5 Å². The second kappa shape index (κ2) is 15.0. The third kappa shape index (κ3) is 8.79. The maximum atomic E-state index is 14.7. The molecule has 9 heteroatoms. The van der Waals surface area contributed by atoms with E-state index in [9.17, 15) is 9.59 Å². The molecule has 0 spiro atoms. The molecule has 2 aliphatic rings. The van der Waals surface area contributed by atoms with Crippen molar-refractivity contribution in [1.82, 2.24) is 9.80 Å². The Balaban J connectivity index is 1.43. The molecule has 0 bridgehead atoms. The Morgan fingerprint density at radius 3 is 2.30 bits per heavy atom. The molecule has 0 N–H and O–H groups in total. The van der Waals surface area contributed by atoms with Gasteiger partial charge in [-0.15, -0.1) is 0 Å². The van der Waals surface area contributed by atoms with Crippen molar-refractivity contribution < 1.29 is 28.5 Å². The Bertz CT molecular complexity index is 1470. The second-order valence-electron chi connectivity index (χ2n) is 13.0. The normalized spacial score (nSPS) is 16.7. The molecule has 2 fully saturated rings.